The van der Waals surface area contributed by atoms with Crippen molar-refractivity contribution >= 4 is 22.4 Å². The van der Waals surface area contributed by atoms with Gasteiger partial charge in [-0.3, -0.25) is 14.8 Å². The molecule has 0 aliphatic carbocycles. The lowest BCUT2D eigenvalue weighted by molar-refractivity contribution is 0.102. The van der Waals surface area contributed by atoms with Crippen molar-refractivity contribution in [1.82, 2.24) is 15.0 Å². The minimum absolute atomic E-state index is 0.266. The van der Waals surface area contributed by atoms with E-state index in [0.717, 1.165) is 27.6 Å². The van der Waals surface area contributed by atoms with Gasteiger partial charge in [0.05, 0.1) is 0 Å². The number of hydrogen-bond acceptors (Lipinski definition) is 4. The van der Waals surface area contributed by atoms with Gasteiger partial charge >= 0.3 is 0 Å². The number of nitrogens with one attached hydrogen (secondary N) is 1. The summed E-state index contributed by atoms with van der Waals surface area (Å²) in [6, 6.07) is 24.4. The maximum absolute atomic E-state index is 13.3. The van der Waals surface area contributed by atoms with Crippen LogP contribution in [0.15, 0.2) is 104 Å². The predicted octanol–water partition coefficient (Wildman–Crippen LogP) is 5.08. The molecule has 0 unspecified atom stereocenters. The van der Waals surface area contributed by atoms with Crippen LogP contribution in [0, 0.1) is 23.7 Å². The number of nitrogens with zero attached hydrogens (tertiary/aromatic N) is 3. The molecular formula is C30H18N4O. The first kappa shape index (κ1) is 21.6. The molecule has 164 valence electrons. The van der Waals surface area contributed by atoms with Crippen LogP contribution in [0.5, 0.6) is 0 Å². The van der Waals surface area contributed by atoms with Gasteiger partial charge in [-0.1, -0.05) is 48.2 Å². The molecule has 0 saturated heterocycles. The zero-order valence-corrected chi connectivity index (χ0v) is 18.6. The zero-order chi connectivity index (χ0) is 23.9. The number of carbonyl (C=O) groups is 1. The van der Waals surface area contributed by atoms with E-state index in [1.807, 2.05) is 66.7 Å². The standard InChI is InChI=1S/C30H18N4O/c35-30(34-29-11-3-9-24-8-1-2-10-28(24)29)25-18-26(14-12-22-6-4-16-31-20-22)33-27(19-25)15-13-23-7-5-17-32-21-23/h1-11,16-21H,(H,34,35). The highest BCUT2D eigenvalue weighted by Gasteiger charge is 2.11. The summed E-state index contributed by atoms with van der Waals surface area (Å²) in [5.74, 6) is 11.9. The number of carbonyl (C=O) groups excluding carboxylic acids is 1. The predicted molar refractivity (Wildman–Crippen MR) is 137 cm³/mol. The second-order valence-electron chi connectivity index (χ2n) is 7.59. The molecule has 5 rings (SSSR count). The van der Waals surface area contributed by atoms with E-state index in [2.05, 4.69) is 44.0 Å². The summed E-state index contributed by atoms with van der Waals surface area (Å²) in [7, 11) is 0. The van der Waals surface area contributed by atoms with Crippen LogP contribution in [-0.4, -0.2) is 20.9 Å². The molecule has 0 fully saturated rings. The average molecular weight is 451 g/mol. The smallest absolute Gasteiger partial charge is 0.255 e. The van der Waals surface area contributed by atoms with Crippen molar-refractivity contribution in [2.24, 2.45) is 0 Å². The molecule has 0 atom stereocenters. The summed E-state index contributed by atoms with van der Waals surface area (Å²) in [4.78, 5) is 25.9. The van der Waals surface area contributed by atoms with Crippen LogP contribution in [0.3, 0.4) is 0 Å². The molecular weight excluding hydrogens is 432 g/mol. The molecule has 2 aromatic carbocycles. The number of pyridine rings is 3. The fourth-order valence-corrected chi connectivity index (χ4v) is 3.46. The number of hydrogen-bond donors (Lipinski definition) is 1. The highest BCUT2D eigenvalue weighted by molar-refractivity contribution is 6.09. The largest absolute Gasteiger partial charge is 0.321 e. The lowest BCUT2D eigenvalue weighted by Gasteiger charge is -2.09. The van der Waals surface area contributed by atoms with Gasteiger partial charge in [-0.15, -0.1) is 0 Å². The average Bonchev–Trinajstić information content (AvgIpc) is 2.92. The monoisotopic (exact) mass is 450 g/mol. The lowest BCUT2D eigenvalue weighted by Crippen LogP contribution is -2.13. The van der Waals surface area contributed by atoms with Crippen molar-refractivity contribution in [3.63, 3.8) is 0 Å². The molecule has 0 radical (unpaired) electrons. The first-order chi connectivity index (χ1) is 17.2. The van der Waals surface area contributed by atoms with E-state index >= 15 is 0 Å². The minimum atomic E-state index is -0.266. The van der Waals surface area contributed by atoms with Gasteiger partial charge < -0.3 is 5.32 Å². The van der Waals surface area contributed by atoms with Crippen LogP contribution in [0.25, 0.3) is 10.8 Å². The Labute approximate surface area is 202 Å². The van der Waals surface area contributed by atoms with Gasteiger partial charge in [0, 0.05) is 52.6 Å². The maximum Gasteiger partial charge on any atom is 0.255 e. The van der Waals surface area contributed by atoms with Crippen LogP contribution >= 0.6 is 0 Å². The summed E-state index contributed by atoms with van der Waals surface area (Å²) in [6.07, 6.45) is 6.72. The van der Waals surface area contributed by atoms with Gasteiger partial charge in [0.15, 0.2) is 0 Å². The van der Waals surface area contributed by atoms with Crippen LogP contribution in [0.4, 0.5) is 5.69 Å². The maximum atomic E-state index is 13.3. The number of anilines is 1. The van der Waals surface area contributed by atoms with Gasteiger partial charge in [-0.2, -0.15) is 0 Å². The fourth-order valence-electron chi connectivity index (χ4n) is 3.46. The molecule has 0 spiro atoms. The summed E-state index contributed by atoms with van der Waals surface area (Å²) in [5.41, 5.74) is 3.53. The van der Waals surface area contributed by atoms with Crippen LogP contribution in [-0.2, 0) is 0 Å². The molecule has 0 aliphatic heterocycles. The van der Waals surface area contributed by atoms with Crippen molar-refractivity contribution < 1.29 is 4.79 Å². The Hall–Kier alpha value is -5.26. The molecule has 5 nitrogen and oxygen atoms in total. The van der Waals surface area contributed by atoms with Crippen LogP contribution < -0.4 is 5.32 Å². The highest BCUT2D eigenvalue weighted by atomic mass is 16.1. The van der Waals surface area contributed by atoms with E-state index in [0.29, 0.717) is 17.0 Å². The van der Waals surface area contributed by atoms with Gasteiger partial charge in [-0.25, -0.2) is 4.98 Å². The van der Waals surface area contributed by atoms with Crippen molar-refractivity contribution in [1.29, 1.82) is 0 Å². The fraction of sp³-hybridized carbons (Fsp3) is 0. The molecule has 3 heterocycles. The summed E-state index contributed by atoms with van der Waals surface area (Å²) in [6.45, 7) is 0. The van der Waals surface area contributed by atoms with E-state index < -0.39 is 0 Å². The topological polar surface area (TPSA) is 67.8 Å². The van der Waals surface area contributed by atoms with Crippen molar-refractivity contribution in [2.45, 2.75) is 0 Å². The van der Waals surface area contributed by atoms with Crippen LogP contribution in [0.2, 0.25) is 0 Å². The van der Waals surface area contributed by atoms with Crippen molar-refractivity contribution in [3.05, 3.63) is 132 Å². The summed E-state index contributed by atoms with van der Waals surface area (Å²) in [5, 5.41) is 5.03. The van der Waals surface area contributed by atoms with Gasteiger partial charge in [0.1, 0.15) is 11.4 Å². The molecule has 1 amide bonds. The Bertz CT molecular complexity index is 1560. The van der Waals surface area contributed by atoms with Crippen molar-refractivity contribution in [3.8, 4) is 23.7 Å². The molecule has 5 heteroatoms. The third-order valence-electron chi connectivity index (χ3n) is 5.12. The van der Waals surface area contributed by atoms with E-state index in [-0.39, 0.29) is 5.91 Å². The van der Waals surface area contributed by atoms with Gasteiger partial charge in [-0.05, 0) is 59.7 Å². The number of rotatable bonds is 2. The van der Waals surface area contributed by atoms with E-state index in [1.165, 1.54) is 0 Å². The molecule has 5 aromatic rings. The molecule has 1 N–H and O–H groups in total. The number of amides is 1. The highest BCUT2D eigenvalue weighted by Crippen LogP contribution is 2.23. The quantitative estimate of drug-likeness (QED) is 0.381. The normalized spacial score (nSPS) is 9.94. The second-order valence-corrected chi connectivity index (χ2v) is 7.59. The van der Waals surface area contributed by atoms with Gasteiger partial charge in [0.2, 0.25) is 0 Å². The van der Waals surface area contributed by atoms with Crippen LogP contribution in [0.1, 0.15) is 32.9 Å². The van der Waals surface area contributed by atoms with E-state index in [9.17, 15) is 4.79 Å². The first-order valence-electron chi connectivity index (χ1n) is 10.9. The Morgan fingerprint density at radius 3 is 1.94 bits per heavy atom. The summed E-state index contributed by atoms with van der Waals surface area (Å²) < 4.78 is 0. The number of benzene rings is 2. The Morgan fingerprint density at radius 2 is 1.31 bits per heavy atom. The number of aromatic nitrogens is 3. The summed E-state index contributed by atoms with van der Waals surface area (Å²) >= 11 is 0. The number of fused-ring (bicyclic) bond motifs is 1. The molecule has 0 aliphatic rings. The Balaban J connectivity index is 1.52. The first-order valence-corrected chi connectivity index (χ1v) is 10.9. The second kappa shape index (κ2) is 10.1. The third-order valence-corrected chi connectivity index (χ3v) is 5.12. The molecule has 35 heavy (non-hydrogen) atoms. The Morgan fingerprint density at radius 1 is 0.686 bits per heavy atom. The zero-order valence-electron chi connectivity index (χ0n) is 18.6. The minimum Gasteiger partial charge on any atom is -0.321 e. The Kier molecular flexibility index (Phi) is 6.24. The lowest BCUT2D eigenvalue weighted by atomic mass is 10.1. The van der Waals surface area contributed by atoms with Gasteiger partial charge in [0.25, 0.3) is 5.91 Å². The van der Waals surface area contributed by atoms with Crippen molar-refractivity contribution in [2.75, 3.05) is 5.32 Å². The molecule has 3 aromatic heterocycles. The molecule has 0 bridgehead atoms. The third kappa shape index (κ3) is 5.39. The SMILES string of the molecule is O=C(Nc1cccc2ccccc12)c1cc(C#Cc2cccnc2)nc(C#Cc2cccnc2)c1. The van der Waals surface area contributed by atoms with E-state index in [1.54, 1.807) is 36.9 Å². The molecule has 0 saturated carbocycles. The van der Waals surface area contributed by atoms with E-state index in [4.69, 9.17) is 0 Å².